The fourth-order valence-electron chi connectivity index (χ4n) is 5.13. The van der Waals surface area contributed by atoms with E-state index in [1.807, 2.05) is 0 Å². The number of hydrogen-bond donors (Lipinski definition) is 12. The zero-order valence-electron chi connectivity index (χ0n) is 22.4. The third-order valence-electron chi connectivity index (χ3n) is 7.55. The highest BCUT2D eigenvalue weighted by molar-refractivity contribution is 5.73. The van der Waals surface area contributed by atoms with Crippen molar-refractivity contribution in [1.82, 2.24) is 5.32 Å². The van der Waals surface area contributed by atoms with Crippen molar-refractivity contribution in [3.8, 4) is 0 Å². The first-order valence-corrected chi connectivity index (χ1v) is 13.4. The lowest BCUT2D eigenvalue weighted by Crippen LogP contribution is -2.71. The number of ether oxygens (including phenoxy) is 5. The number of aliphatic carboxylic acids is 1. The Balaban J connectivity index is 1.91. The number of nitrogens with one attached hydrogen (secondary N) is 1. The van der Waals surface area contributed by atoms with Crippen LogP contribution in [-0.4, -0.2) is 170 Å². The molecule has 0 aromatic carbocycles. The number of carboxylic acid groups (broad SMARTS) is 1. The monoisotopic (exact) mass is 601 g/mol. The molecule has 0 bridgehead atoms. The van der Waals surface area contributed by atoms with Crippen LogP contribution in [0.15, 0.2) is 0 Å². The molecule has 0 radical (unpaired) electrons. The molecule has 41 heavy (non-hydrogen) atoms. The second-order valence-electron chi connectivity index (χ2n) is 10.4. The summed E-state index contributed by atoms with van der Waals surface area (Å²) in [6, 6.07) is -5.37. The van der Waals surface area contributed by atoms with Crippen LogP contribution in [0.5, 0.6) is 0 Å². The molecule has 3 unspecified atom stereocenters. The molecule has 0 aromatic rings. The predicted molar refractivity (Wildman–Crippen MR) is 132 cm³/mol. The van der Waals surface area contributed by atoms with Crippen molar-refractivity contribution >= 4 is 5.97 Å². The molecule has 3 saturated heterocycles. The normalized spacial score (nSPS) is 46.3. The first-order chi connectivity index (χ1) is 19.4. The minimum Gasteiger partial charge on any atom is -0.480 e. The van der Waals surface area contributed by atoms with Crippen LogP contribution in [0.1, 0.15) is 19.8 Å². The summed E-state index contributed by atoms with van der Waals surface area (Å²) in [6.07, 6.45) is -17.5. The Bertz CT molecular complexity index is 827. The molecule has 3 rings (SSSR count). The Kier molecular flexibility index (Phi) is 12.6. The lowest BCUT2D eigenvalue weighted by molar-refractivity contribution is -0.351. The minimum absolute atomic E-state index is 0.116. The van der Waals surface area contributed by atoms with Gasteiger partial charge >= 0.3 is 5.97 Å². The smallest absolute Gasteiger partial charge is 0.320 e. The van der Waals surface area contributed by atoms with E-state index in [-0.39, 0.29) is 6.42 Å². The van der Waals surface area contributed by atoms with Crippen LogP contribution in [0.3, 0.4) is 0 Å². The van der Waals surface area contributed by atoms with Gasteiger partial charge in [0.25, 0.3) is 0 Å². The van der Waals surface area contributed by atoms with E-state index in [9.17, 15) is 50.8 Å². The first-order valence-electron chi connectivity index (χ1n) is 13.4. The molecule has 18 heteroatoms. The molecule has 0 saturated carbocycles. The van der Waals surface area contributed by atoms with E-state index < -0.39 is 124 Å². The Morgan fingerprint density at radius 2 is 1.32 bits per heavy atom. The standard InChI is InChI=1S/C23H43N3O15/c1-2-3-7(20(34)35)26-13-17(33)19(40-22-12(25)15(31)14(30)8(4-27)38-22)10(6-29)39-23(13)41-18-9(5-28)37-21(36)11(24)16(18)32/h7-19,21-23,26-33,36H,2-6,24-25H2,1H3,(H,34,35)/t7?,8-,9-,10-,11-,12-,13-,14-,15-,16-,17-,18?,19?,21-,22+,23+/m1/s1. The van der Waals surface area contributed by atoms with E-state index in [1.165, 1.54) is 0 Å². The number of aliphatic hydroxyl groups is 8. The van der Waals surface area contributed by atoms with Gasteiger partial charge in [-0.2, -0.15) is 0 Å². The zero-order valence-corrected chi connectivity index (χ0v) is 22.4. The fraction of sp³-hybridized carbons (Fsp3) is 0.957. The second-order valence-corrected chi connectivity index (χ2v) is 10.4. The molecule has 0 amide bonds. The van der Waals surface area contributed by atoms with Crippen molar-refractivity contribution in [2.24, 2.45) is 11.5 Å². The van der Waals surface area contributed by atoms with Gasteiger partial charge in [-0.1, -0.05) is 13.3 Å². The number of rotatable bonds is 12. The maximum absolute atomic E-state index is 11.9. The van der Waals surface area contributed by atoms with Gasteiger partial charge in [0.15, 0.2) is 18.9 Å². The van der Waals surface area contributed by atoms with Gasteiger partial charge in [-0.05, 0) is 6.42 Å². The molecular formula is C23H43N3O15. The van der Waals surface area contributed by atoms with E-state index >= 15 is 0 Å². The van der Waals surface area contributed by atoms with Crippen LogP contribution in [0.25, 0.3) is 0 Å². The largest absolute Gasteiger partial charge is 0.480 e. The van der Waals surface area contributed by atoms with E-state index in [0.29, 0.717) is 6.42 Å². The van der Waals surface area contributed by atoms with Gasteiger partial charge in [0.2, 0.25) is 0 Å². The number of aliphatic hydroxyl groups excluding tert-OH is 8. The lowest BCUT2D eigenvalue weighted by atomic mass is 9.93. The molecule has 3 fully saturated rings. The summed E-state index contributed by atoms with van der Waals surface area (Å²) >= 11 is 0. The molecule has 18 nitrogen and oxygen atoms in total. The number of nitrogens with two attached hydrogens (primary N) is 2. The third-order valence-corrected chi connectivity index (χ3v) is 7.55. The first kappa shape index (κ1) is 34.3. The molecule has 0 aliphatic carbocycles. The molecule has 240 valence electrons. The Morgan fingerprint density at radius 3 is 1.88 bits per heavy atom. The predicted octanol–water partition coefficient (Wildman–Crippen LogP) is -6.79. The van der Waals surface area contributed by atoms with E-state index in [2.05, 4.69) is 5.32 Å². The average Bonchev–Trinajstić information content (AvgIpc) is 2.95. The molecular weight excluding hydrogens is 558 g/mol. The van der Waals surface area contributed by atoms with Gasteiger partial charge in [0, 0.05) is 0 Å². The van der Waals surface area contributed by atoms with Crippen LogP contribution >= 0.6 is 0 Å². The van der Waals surface area contributed by atoms with Gasteiger partial charge < -0.3 is 81.1 Å². The van der Waals surface area contributed by atoms with Gasteiger partial charge in [0.1, 0.15) is 61.0 Å². The fourth-order valence-corrected chi connectivity index (χ4v) is 5.13. The van der Waals surface area contributed by atoms with E-state index in [4.69, 9.17) is 35.2 Å². The van der Waals surface area contributed by atoms with Crippen LogP contribution in [-0.2, 0) is 28.5 Å². The summed E-state index contributed by atoms with van der Waals surface area (Å²) in [4.78, 5) is 11.9. The van der Waals surface area contributed by atoms with E-state index in [0.717, 1.165) is 0 Å². The highest BCUT2D eigenvalue weighted by Gasteiger charge is 2.53. The van der Waals surface area contributed by atoms with Crippen LogP contribution in [0.2, 0.25) is 0 Å². The number of carboxylic acids is 1. The van der Waals surface area contributed by atoms with E-state index in [1.54, 1.807) is 6.92 Å². The maximum Gasteiger partial charge on any atom is 0.320 e. The highest BCUT2D eigenvalue weighted by atomic mass is 16.7. The quantitative estimate of drug-likeness (QED) is 0.0988. The van der Waals surface area contributed by atoms with Gasteiger partial charge in [0.05, 0.1) is 37.9 Å². The number of carbonyl (C=O) groups is 1. The molecule has 3 aliphatic rings. The number of hydrogen-bond acceptors (Lipinski definition) is 17. The van der Waals surface area contributed by atoms with Crippen LogP contribution < -0.4 is 16.8 Å². The highest BCUT2D eigenvalue weighted by Crippen LogP contribution is 2.32. The van der Waals surface area contributed by atoms with Gasteiger partial charge in [-0.15, -0.1) is 0 Å². The maximum atomic E-state index is 11.9. The summed E-state index contributed by atoms with van der Waals surface area (Å²) in [7, 11) is 0. The molecule has 0 aromatic heterocycles. The minimum atomic E-state index is -1.72. The zero-order chi connectivity index (χ0) is 30.6. The van der Waals surface area contributed by atoms with Crippen molar-refractivity contribution in [3.05, 3.63) is 0 Å². The Hall–Kier alpha value is -1.17. The summed E-state index contributed by atoms with van der Waals surface area (Å²) in [5.74, 6) is -1.26. The topological polar surface area (TPSA) is 309 Å². The van der Waals surface area contributed by atoms with Gasteiger partial charge in [-0.3, -0.25) is 10.1 Å². The summed E-state index contributed by atoms with van der Waals surface area (Å²) < 4.78 is 28.2. The Morgan fingerprint density at radius 1 is 0.780 bits per heavy atom. The SMILES string of the molecule is CCCC(N[C@H]1[C@H](OC2[C@@H](CO)O[C@@H](O)[C@H](N)[C@H]2O)O[C@H](CO)C(O[C@@H]2O[C@H](CO)[C@@H](O)[C@H](O)[C@H]2N)[C@@H]1O)C(=O)O. The van der Waals surface area contributed by atoms with Crippen molar-refractivity contribution < 1.29 is 74.4 Å². The molecule has 3 heterocycles. The summed E-state index contributed by atoms with van der Waals surface area (Å²) in [5.41, 5.74) is 11.7. The van der Waals surface area contributed by atoms with Crippen molar-refractivity contribution in [2.75, 3.05) is 19.8 Å². The average molecular weight is 602 g/mol. The van der Waals surface area contributed by atoms with Crippen molar-refractivity contribution in [2.45, 2.75) is 118 Å². The van der Waals surface area contributed by atoms with Crippen molar-refractivity contribution in [3.63, 3.8) is 0 Å². The third kappa shape index (κ3) is 7.50. The molecule has 0 spiro atoms. The molecule has 16 atom stereocenters. The van der Waals surface area contributed by atoms with Crippen molar-refractivity contribution in [1.29, 1.82) is 0 Å². The summed E-state index contributed by atoms with van der Waals surface area (Å²) in [5, 5.41) is 94.3. The van der Waals surface area contributed by atoms with Crippen LogP contribution in [0.4, 0.5) is 0 Å². The Labute approximate surface area is 235 Å². The molecule has 3 aliphatic heterocycles. The molecule has 14 N–H and O–H groups in total. The second kappa shape index (κ2) is 15.0. The van der Waals surface area contributed by atoms with Gasteiger partial charge in [-0.25, -0.2) is 0 Å². The van der Waals surface area contributed by atoms with Crippen LogP contribution in [0, 0.1) is 0 Å². The summed E-state index contributed by atoms with van der Waals surface area (Å²) in [6.45, 7) is -0.475. The lowest BCUT2D eigenvalue weighted by Gasteiger charge is -2.49.